The highest BCUT2D eigenvalue weighted by Gasteiger charge is 2.48. The number of unbranched alkanes of at least 4 members (excludes halogenated alkanes) is 4. The maximum atomic E-state index is 7.12. The van der Waals surface area contributed by atoms with E-state index >= 15 is 0 Å². The van der Waals surface area contributed by atoms with Crippen molar-refractivity contribution in [2.24, 2.45) is 0 Å². The van der Waals surface area contributed by atoms with Gasteiger partial charge in [-0.05, 0) is 65.5 Å². The van der Waals surface area contributed by atoms with Crippen LogP contribution in [0.25, 0.3) is 21.2 Å². The van der Waals surface area contributed by atoms with E-state index in [2.05, 4.69) is 107 Å². The molecule has 0 aliphatic carbocycles. The lowest BCUT2D eigenvalue weighted by molar-refractivity contribution is -0.268. The second-order valence-corrected chi connectivity index (χ2v) is 14.5. The highest BCUT2D eigenvalue weighted by molar-refractivity contribution is 7.19. The fourth-order valence-corrected chi connectivity index (χ4v) is 7.66. The van der Waals surface area contributed by atoms with E-state index < -0.39 is 0 Å². The molecule has 266 valence electrons. The number of rotatable bonds is 21. The fraction of sp³-hybridized carbons (Fsp3) is 0.535. The van der Waals surface area contributed by atoms with Gasteiger partial charge in [0.2, 0.25) is 0 Å². The molecule has 0 radical (unpaired) electrons. The van der Waals surface area contributed by atoms with E-state index in [9.17, 15) is 0 Å². The van der Waals surface area contributed by atoms with Crippen molar-refractivity contribution < 1.29 is 23.7 Å². The summed E-state index contributed by atoms with van der Waals surface area (Å²) in [6.45, 7) is 12.0. The van der Waals surface area contributed by atoms with Gasteiger partial charge in [0.15, 0.2) is 0 Å². The first-order valence-electron chi connectivity index (χ1n) is 18.9. The number of hydrogen-bond acceptors (Lipinski definition) is 6. The lowest BCUT2D eigenvalue weighted by Crippen LogP contribution is -2.58. The van der Waals surface area contributed by atoms with Crippen LogP contribution >= 0.6 is 11.3 Å². The summed E-state index contributed by atoms with van der Waals surface area (Å²) < 4.78 is 34.9. The minimum Gasteiger partial charge on any atom is -0.379 e. The minimum absolute atomic E-state index is 0.265. The van der Waals surface area contributed by atoms with Gasteiger partial charge in [-0.2, -0.15) is 0 Å². The molecule has 3 aromatic carbocycles. The summed E-state index contributed by atoms with van der Waals surface area (Å²) in [5, 5.41) is 1.30. The lowest BCUT2D eigenvalue weighted by Gasteiger charge is -2.46. The van der Waals surface area contributed by atoms with Gasteiger partial charge in [0.1, 0.15) is 30.5 Å². The highest BCUT2D eigenvalue weighted by atomic mass is 32.1. The average molecular weight is 687 g/mol. The first-order valence-corrected chi connectivity index (χ1v) is 19.7. The molecule has 1 fully saturated rings. The van der Waals surface area contributed by atoms with Crippen molar-refractivity contribution in [1.82, 2.24) is 0 Å². The van der Waals surface area contributed by atoms with E-state index in [1.807, 2.05) is 11.3 Å². The zero-order valence-corrected chi connectivity index (χ0v) is 31.1. The molecule has 6 heteroatoms. The van der Waals surface area contributed by atoms with Gasteiger partial charge in [-0.15, -0.1) is 11.3 Å². The molecule has 1 unspecified atom stereocenters. The van der Waals surface area contributed by atoms with Gasteiger partial charge in [0.05, 0.1) is 6.61 Å². The molecule has 1 aliphatic heterocycles. The minimum atomic E-state index is -0.319. The second-order valence-electron chi connectivity index (χ2n) is 13.3. The van der Waals surface area contributed by atoms with Crippen molar-refractivity contribution in [2.45, 2.75) is 116 Å². The Kier molecular flexibility index (Phi) is 15.6. The number of benzene rings is 3. The van der Waals surface area contributed by atoms with Gasteiger partial charge in [0, 0.05) is 42.4 Å². The predicted octanol–water partition coefficient (Wildman–Crippen LogP) is 11.0. The SMILES string of the molecule is CCCCOC[C@H]1OC(c2ccc(-c3ccccc3)c(Cc3cc4ccccc4s3)c2)[C@H](OCCCC)[C@@H](OCCCC)[C@@H]1OCCCC. The third-order valence-corrected chi connectivity index (χ3v) is 10.5. The molecule has 1 saturated heterocycles. The van der Waals surface area contributed by atoms with Crippen LogP contribution in [0.15, 0.2) is 78.9 Å². The van der Waals surface area contributed by atoms with Crippen LogP contribution in [0, 0.1) is 0 Å². The number of hydrogen-bond donors (Lipinski definition) is 0. The largest absolute Gasteiger partial charge is 0.379 e. The Bertz CT molecular complexity index is 1470. The van der Waals surface area contributed by atoms with E-state index in [0.29, 0.717) is 33.0 Å². The van der Waals surface area contributed by atoms with E-state index in [1.165, 1.54) is 31.7 Å². The second kappa shape index (κ2) is 20.3. The molecule has 0 saturated carbocycles. The molecule has 0 amide bonds. The molecule has 2 heterocycles. The van der Waals surface area contributed by atoms with Crippen molar-refractivity contribution >= 4 is 21.4 Å². The Morgan fingerprint density at radius 3 is 1.96 bits per heavy atom. The van der Waals surface area contributed by atoms with Gasteiger partial charge in [0.25, 0.3) is 0 Å². The molecule has 5 atom stereocenters. The zero-order chi connectivity index (χ0) is 34.3. The maximum Gasteiger partial charge on any atom is 0.117 e. The van der Waals surface area contributed by atoms with Crippen LogP contribution in [0.5, 0.6) is 0 Å². The van der Waals surface area contributed by atoms with Gasteiger partial charge >= 0.3 is 0 Å². The third-order valence-electron chi connectivity index (χ3n) is 9.37. The summed E-state index contributed by atoms with van der Waals surface area (Å²) in [6, 6.07) is 28.6. The van der Waals surface area contributed by atoms with E-state index in [-0.39, 0.29) is 30.5 Å². The first kappa shape index (κ1) is 37.7. The highest BCUT2D eigenvalue weighted by Crippen LogP contribution is 2.40. The van der Waals surface area contributed by atoms with Crippen LogP contribution in [0.3, 0.4) is 0 Å². The number of fused-ring (bicyclic) bond motifs is 1. The summed E-state index contributed by atoms with van der Waals surface area (Å²) in [6.07, 6.45) is 7.72. The fourth-order valence-electron chi connectivity index (χ4n) is 6.58. The quantitative estimate of drug-likeness (QED) is 0.0817. The maximum absolute atomic E-state index is 7.12. The monoisotopic (exact) mass is 686 g/mol. The van der Waals surface area contributed by atoms with Crippen molar-refractivity contribution in [3.8, 4) is 11.1 Å². The van der Waals surface area contributed by atoms with Crippen molar-refractivity contribution in [3.63, 3.8) is 0 Å². The summed E-state index contributed by atoms with van der Waals surface area (Å²) in [4.78, 5) is 1.35. The molecule has 5 nitrogen and oxygen atoms in total. The Labute approximate surface area is 299 Å². The van der Waals surface area contributed by atoms with Gasteiger partial charge < -0.3 is 23.7 Å². The molecule has 0 bridgehead atoms. The van der Waals surface area contributed by atoms with Crippen molar-refractivity contribution in [2.75, 3.05) is 33.0 Å². The van der Waals surface area contributed by atoms with Gasteiger partial charge in [-0.25, -0.2) is 0 Å². The average Bonchev–Trinajstić information content (AvgIpc) is 3.54. The molecule has 0 N–H and O–H groups in total. The predicted molar refractivity (Wildman–Crippen MR) is 204 cm³/mol. The Hall–Kier alpha value is -2.58. The normalized spacial score (nSPS) is 21.0. The first-order chi connectivity index (χ1) is 24.2. The molecule has 5 rings (SSSR count). The van der Waals surface area contributed by atoms with Crippen LogP contribution in [-0.4, -0.2) is 57.5 Å². The van der Waals surface area contributed by atoms with E-state index in [4.69, 9.17) is 23.7 Å². The van der Waals surface area contributed by atoms with Crippen molar-refractivity contribution in [1.29, 1.82) is 0 Å². The molecular weight excluding hydrogens is 629 g/mol. The van der Waals surface area contributed by atoms with Crippen molar-refractivity contribution in [3.05, 3.63) is 94.9 Å². The van der Waals surface area contributed by atoms with Gasteiger partial charge in [-0.1, -0.05) is 120 Å². The molecule has 0 spiro atoms. The molecule has 1 aromatic heterocycles. The smallest absolute Gasteiger partial charge is 0.117 e. The Morgan fingerprint density at radius 1 is 0.633 bits per heavy atom. The van der Waals surface area contributed by atoms with Crippen LogP contribution in [0.2, 0.25) is 0 Å². The van der Waals surface area contributed by atoms with Gasteiger partial charge in [-0.3, -0.25) is 0 Å². The summed E-state index contributed by atoms with van der Waals surface area (Å²) >= 11 is 1.88. The summed E-state index contributed by atoms with van der Waals surface area (Å²) in [7, 11) is 0. The van der Waals surface area contributed by atoms with Crippen LogP contribution in [0.1, 0.15) is 101 Å². The Morgan fingerprint density at radius 2 is 1.27 bits per heavy atom. The Balaban J connectivity index is 1.55. The van der Waals surface area contributed by atoms with Crippen LogP contribution in [-0.2, 0) is 30.1 Å². The molecule has 4 aromatic rings. The molecular formula is C43H58O5S. The zero-order valence-electron chi connectivity index (χ0n) is 30.2. The standard InChI is InChI=1S/C43H58O5S/c1-5-9-24-44-31-38-41(45-25-10-6-2)43(47-27-12-8-4)42(46-26-11-7-3)40(48-38)34-22-23-37(32-18-14-13-15-19-32)35(28-34)30-36-29-33-20-16-17-21-39(33)49-36/h13-23,28-29,38,40-43H,5-12,24-27,30-31H2,1-4H3/t38-,40?,41-,42+,43+/m1/s1. The topological polar surface area (TPSA) is 46.2 Å². The van der Waals surface area contributed by atoms with Crippen LogP contribution in [0.4, 0.5) is 0 Å². The molecule has 49 heavy (non-hydrogen) atoms. The van der Waals surface area contributed by atoms with Crippen LogP contribution < -0.4 is 0 Å². The molecule has 1 aliphatic rings. The van der Waals surface area contributed by atoms with E-state index in [1.54, 1.807) is 0 Å². The number of ether oxygens (including phenoxy) is 5. The number of thiophene rings is 1. The lowest BCUT2D eigenvalue weighted by atomic mass is 9.87. The summed E-state index contributed by atoms with van der Waals surface area (Å²) in [5.41, 5.74) is 4.87. The third kappa shape index (κ3) is 10.5. The van der Waals surface area contributed by atoms with E-state index in [0.717, 1.165) is 63.4 Å². The summed E-state index contributed by atoms with van der Waals surface area (Å²) in [5.74, 6) is 0.